The number of benzene rings is 2. The Morgan fingerprint density at radius 3 is 2.13 bits per heavy atom. The predicted octanol–water partition coefficient (Wildman–Crippen LogP) is 4.92. The number of rotatable bonds is 6. The van der Waals surface area contributed by atoms with Gasteiger partial charge in [-0.25, -0.2) is 0 Å². The van der Waals surface area contributed by atoms with E-state index >= 15 is 0 Å². The minimum atomic E-state index is -6.52. The van der Waals surface area contributed by atoms with Crippen molar-refractivity contribution in [2.75, 3.05) is 27.8 Å². The SMILES string of the molecule is COC(=O)CN(C)C(=S)c1cccc2c(C(F)(F)C(F)(F)C(F)(F)F)c(OC)ccc12. The van der Waals surface area contributed by atoms with E-state index in [1.807, 2.05) is 0 Å². The molecule has 0 saturated carbocycles. The standard InChI is InChI=1S/C19H16F7NO3S/c1-27(9-14(28)30-3)16(31)12-6-4-5-11-10(12)7-8-13(29-2)15(11)17(20,21)18(22,23)19(24,25)26/h4-8H,9H2,1-3H3. The number of esters is 1. The smallest absolute Gasteiger partial charge is 0.460 e. The van der Waals surface area contributed by atoms with Crippen molar-refractivity contribution in [2.24, 2.45) is 0 Å². The third kappa shape index (κ3) is 4.25. The molecule has 0 atom stereocenters. The number of methoxy groups -OCH3 is 2. The lowest BCUT2D eigenvalue weighted by Gasteiger charge is -2.30. The number of ether oxygens (including phenoxy) is 2. The Morgan fingerprint density at radius 1 is 1.00 bits per heavy atom. The van der Waals surface area contributed by atoms with Crippen LogP contribution in [0.2, 0.25) is 0 Å². The second-order valence-corrected chi connectivity index (χ2v) is 6.81. The van der Waals surface area contributed by atoms with E-state index in [-0.39, 0.29) is 22.5 Å². The molecule has 170 valence electrons. The van der Waals surface area contributed by atoms with Gasteiger partial charge in [-0.3, -0.25) is 4.79 Å². The topological polar surface area (TPSA) is 38.8 Å². The normalized spacial score (nSPS) is 12.6. The molecule has 2 rings (SSSR count). The number of carbonyl (C=O) groups excluding carboxylic acids is 1. The molecule has 0 N–H and O–H groups in total. The fourth-order valence-electron chi connectivity index (χ4n) is 2.89. The fraction of sp³-hybridized carbons (Fsp3) is 0.368. The fourth-order valence-corrected chi connectivity index (χ4v) is 3.13. The summed E-state index contributed by atoms with van der Waals surface area (Å²) in [7, 11) is 3.40. The highest BCUT2D eigenvalue weighted by Gasteiger charge is 2.74. The zero-order valence-corrected chi connectivity index (χ0v) is 17.1. The molecule has 0 aromatic heterocycles. The molecule has 4 nitrogen and oxygen atoms in total. The Hall–Kier alpha value is -2.63. The van der Waals surface area contributed by atoms with Gasteiger partial charge in [-0.05, 0) is 22.9 Å². The van der Waals surface area contributed by atoms with Crippen molar-refractivity contribution in [1.29, 1.82) is 0 Å². The first-order valence-electron chi connectivity index (χ1n) is 8.45. The van der Waals surface area contributed by atoms with Gasteiger partial charge in [0.1, 0.15) is 17.3 Å². The van der Waals surface area contributed by atoms with Crippen molar-refractivity contribution in [1.82, 2.24) is 4.90 Å². The van der Waals surface area contributed by atoms with E-state index in [4.69, 9.17) is 12.2 Å². The number of fused-ring (bicyclic) bond motifs is 1. The van der Waals surface area contributed by atoms with Gasteiger partial charge in [0, 0.05) is 12.6 Å². The summed E-state index contributed by atoms with van der Waals surface area (Å²) in [5.41, 5.74) is -1.57. The summed E-state index contributed by atoms with van der Waals surface area (Å²) in [6.45, 7) is -0.308. The molecule has 0 aliphatic rings. The highest BCUT2D eigenvalue weighted by molar-refractivity contribution is 7.80. The second kappa shape index (κ2) is 8.48. The third-order valence-electron chi connectivity index (χ3n) is 4.48. The summed E-state index contributed by atoms with van der Waals surface area (Å²) in [6.07, 6.45) is -6.52. The van der Waals surface area contributed by atoms with Crippen LogP contribution in [-0.4, -0.2) is 55.8 Å². The largest absolute Gasteiger partial charge is 0.496 e. The number of alkyl halides is 7. The first kappa shape index (κ1) is 24.6. The number of halogens is 7. The van der Waals surface area contributed by atoms with Gasteiger partial charge in [0.25, 0.3) is 0 Å². The lowest BCUT2D eigenvalue weighted by atomic mass is 9.92. The molecule has 0 bridgehead atoms. The molecular weight excluding hydrogens is 455 g/mol. The molecule has 0 aliphatic carbocycles. The molecule has 0 unspecified atom stereocenters. The Labute approximate surface area is 177 Å². The summed E-state index contributed by atoms with van der Waals surface area (Å²) in [4.78, 5) is 12.7. The first-order chi connectivity index (χ1) is 14.2. The van der Waals surface area contributed by atoms with Crippen LogP contribution < -0.4 is 4.74 Å². The number of likely N-dealkylation sites (N-methyl/N-ethyl adjacent to an activating group) is 1. The average Bonchev–Trinajstić information content (AvgIpc) is 2.70. The van der Waals surface area contributed by atoms with Gasteiger partial charge in [0.2, 0.25) is 0 Å². The van der Waals surface area contributed by atoms with Gasteiger partial charge >= 0.3 is 24.0 Å². The summed E-state index contributed by atoms with van der Waals surface area (Å²) in [6, 6.07) is 5.53. The van der Waals surface area contributed by atoms with E-state index in [0.29, 0.717) is 0 Å². The highest BCUT2D eigenvalue weighted by atomic mass is 32.1. The number of nitrogens with zero attached hydrogens (tertiary/aromatic N) is 1. The zero-order chi connectivity index (χ0) is 23.8. The monoisotopic (exact) mass is 471 g/mol. The zero-order valence-electron chi connectivity index (χ0n) is 16.3. The van der Waals surface area contributed by atoms with Crippen molar-refractivity contribution < 1.29 is 45.0 Å². The molecule has 2 aromatic rings. The second-order valence-electron chi connectivity index (χ2n) is 6.43. The maximum Gasteiger partial charge on any atom is 0.460 e. The Morgan fingerprint density at radius 2 is 1.61 bits per heavy atom. The summed E-state index contributed by atoms with van der Waals surface area (Å²) in [5.74, 6) is -13.6. The molecule has 0 fully saturated rings. The van der Waals surface area contributed by atoms with Crippen LogP contribution in [-0.2, 0) is 15.5 Å². The third-order valence-corrected chi connectivity index (χ3v) is 5.01. The first-order valence-corrected chi connectivity index (χ1v) is 8.86. The molecule has 31 heavy (non-hydrogen) atoms. The van der Waals surface area contributed by atoms with Crippen molar-refractivity contribution in [3.05, 3.63) is 41.5 Å². The Bertz CT molecular complexity index is 1010. The predicted molar refractivity (Wildman–Crippen MR) is 102 cm³/mol. The molecule has 0 saturated heterocycles. The van der Waals surface area contributed by atoms with E-state index in [2.05, 4.69) is 9.47 Å². The average molecular weight is 471 g/mol. The van der Waals surface area contributed by atoms with Gasteiger partial charge in [-0.2, -0.15) is 30.7 Å². The maximum atomic E-state index is 14.7. The molecule has 0 aliphatic heterocycles. The van der Waals surface area contributed by atoms with Crippen LogP contribution in [0.25, 0.3) is 10.8 Å². The molecule has 0 amide bonds. The molecule has 12 heteroatoms. The van der Waals surface area contributed by atoms with Crippen LogP contribution in [0.1, 0.15) is 11.1 Å². The lowest BCUT2D eigenvalue weighted by molar-refractivity contribution is -0.359. The lowest BCUT2D eigenvalue weighted by Crippen LogP contribution is -2.50. The van der Waals surface area contributed by atoms with Crippen LogP contribution in [0, 0.1) is 0 Å². The van der Waals surface area contributed by atoms with Crippen molar-refractivity contribution in [2.45, 2.75) is 18.0 Å². The van der Waals surface area contributed by atoms with Crippen LogP contribution >= 0.6 is 12.2 Å². The summed E-state index contributed by atoms with van der Waals surface area (Å²) >= 11 is 5.24. The number of thiocarbonyl (C=S) groups is 1. The molecule has 2 aromatic carbocycles. The van der Waals surface area contributed by atoms with Gasteiger partial charge in [-0.15, -0.1) is 0 Å². The van der Waals surface area contributed by atoms with Crippen molar-refractivity contribution >= 4 is 33.9 Å². The van der Waals surface area contributed by atoms with Crippen molar-refractivity contribution in [3.63, 3.8) is 0 Å². The number of carbonyl (C=O) groups is 1. The molecule has 0 radical (unpaired) electrons. The minimum absolute atomic E-state index is 0.0435. The minimum Gasteiger partial charge on any atom is -0.496 e. The van der Waals surface area contributed by atoms with Gasteiger partial charge < -0.3 is 14.4 Å². The Kier molecular flexibility index (Phi) is 6.74. The number of hydrogen-bond acceptors (Lipinski definition) is 4. The van der Waals surface area contributed by atoms with Crippen LogP contribution in [0.4, 0.5) is 30.7 Å². The van der Waals surface area contributed by atoms with Crippen LogP contribution in [0.5, 0.6) is 5.75 Å². The van der Waals surface area contributed by atoms with Gasteiger partial charge in [0.05, 0.1) is 19.8 Å². The maximum absolute atomic E-state index is 14.7. The van der Waals surface area contributed by atoms with E-state index in [9.17, 15) is 35.5 Å². The summed E-state index contributed by atoms with van der Waals surface area (Å²) < 4.78 is 104. The van der Waals surface area contributed by atoms with Crippen LogP contribution in [0.15, 0.2) is 30.3 Å². The highest BCUT2D eigenvalue weighted by Crippen LogP contribution is 2.55. The van der Waals surface area contributed by atoms with E-state index in [1.54, 1.807) is 0 Å². The van der Waals surface area contributed by atoms with E-state index in [0.717, 1.165) is 26.4 Å². The quantitative estimate of drug-likeness (QED) is 0.340. The molecule has 0 spiro atoms. The molecular formula is C19H16F7NO3S. The molecule has 0 heterocycles. The van der Waals surface area contributed by atoms with E-state index < -0.39 is 40.7 Å². The van der Waals surface area contributed by atoms with Gasteiger partial charge in [-0.1, -0.05) is 30.4 Å². The van der Waals surface area contributed by atoms with Crippen LogP contribution in [0.3, 0.4) is 0 Å². The van der Waals surface area contributed by atoms with Crippen molar-refractivity contribution in [3.8, 4) is 5.75 Å². The summed E-state index contributed by atoms with van der Waals surface area (Å²) in [5, 5.41) is -0.739. The Balaban J connectivity index is 2.76. The van der Waals surface area contributed by atoms with Gasteiger partial charge in [0.15, 0.2) is 0 Å². The number of hydrogen-bond donors (Lipinski definition) is 0. The van der Waals surface area contributed by atoms with E-state index in [1.165, 1.54) is 30.1 Å².